The highest BCUT2D eigenvalue weighted by Gasteiger charge is 2.15. The molecule has 32 heavy (non-hydrogen) atoms. The van der Waals surface area contributed by atoms with E-state index in [1.807, 2.05) is 49.4 Å². The number of aryl methyl sites for hydroxylation is 1. The van der Waals surface area contributed by atoms with Gasteiger partial charge in [-0.15, -0.1) is 6.42 Å². The standard InChI is InChI=1S/C24H19N7O/c1-3-16-7-5-8-17(12-16)31-19(30-18-9-4-6-15(2)20(18)24(31)32)10-11-25-22-21-23(27-13-26-21)29-14-28-22/h1,4-9,12-14H,10-11H2,2H3,(H2,25,26,27,28,29). The molecule has 0 saturated heterocycles. The largest absolute Gasteiger partial charge is 0.368 e. The van der Waals surface area contributed by atoms with Gasteiger partial charge in [0.25, 0.3) is 5.56 Å². The molecular weight excluding hydrogens is 402 g/mol. The van der Waals surface area contributed by atoms with E-state index in [-0.39, 0.29) is 5.56 Å². The van der Waals surface area contributed by atoms with Crippen molar-refractivity contribution < 1.29 is 0 Å². The van der Waals surface area contributed by atoms with Crippen molar-refractivity contribution in [2.75, 3.05) is 11.9 Å². The molecule has 8 nitrogen and oxygen atoms in total. The lowest BCUT2D eigenvalue weighted by Crippen LogP contribution is -2.26. The van der Waals surface area contributed by atoms with E-state index in [9.17, 15) is 4.79 Å². The fourth-order valence-corrected chi connectivity index (χ4v) is 3.80. The second-order valence-corrected chi connectivity index (χ2v) is 7.33. The van der Waals surface area contributed by atoms with Crippen molar-refractivity contribution in [2.24, 2.45) is 0 Å². The Labute approximate surface area is 183 Å². The second kappa shape index (κ2) is 7.96. The Balaban J connectivity index is 1.57. The van der Waals surface area contributed by atoms with E-state index in [1.165, 1.54) is 6.33 Å². The van der Waals surface area contributed by atoms with Crippen LogP contribution in [0.4, 0.5) is 5.82 Å². The van der Waals surface area contributed by atoms with Crippen LogP contribution in [0.3, 0.4) is 0 Å². The van der Waals surface area contributed by atoms with E-state index in [0.29, 0.717) is 52.4 Å². The van der Waals surface area contributed by atoms with E-state index < -0.39 is 0 Å². The van der Waals surface area contributed by atoms with Gasteiger partial charge in [0.1, 0.15) is 17.7 Å². The summed E-state index contributed by atoms with van der Waals surface area (Å²) >= 11 is 0. The molecule has 0 spiro atoms. The number of terminal acetylenes is 1. The minimum absolute atomic E-state index is 0.115. The maximum Gasteiger partial charge on any atom is 0.266 e. The van der Waals surface area contributed by atoms with E-state index in [0.717, 1.165) is 11.1 Å². The number of H-pyrrole nitrogens is 1. The van der Waals surface area contributed by atoms with Crippen LogP contribution < -0.4 is 10.9 Å². The van der Waals surface area contributed by atoms with Gasteiger partial charge in [-0.1, -0.05) is 24.1 Å². The number of hydrogen-bond donors (Lipinski definition) is 2. The molecular formula is C24H19N7O. The first-order valence-corrected chi connectivity index (χ1v) is 10.1. The predicted octanol–water partition coefficient (Wildman–Crippen LogP) is 3.00. The van der Waals surface area contributed by atoms with Gasteiger partial charge in [0.05, 0.1) is 22.9 Å². The minimum atomic E-state index is -0.115. The Morgan fingerprint density at radius 1 is 1.16 bits per heavy atom. The number of rotatable bonds is 5. The van der Waals surface area contributed by atoms with Gasteiger partial charge in [-0.3, -0.25) is 9.36 Å². The maximum atomic E-state index is 13.6. The van der Waals surface area contributed by atoms with Crippen LogP contribution in [0.2, 0.25) is 0 Å². The van der Waals surface area contributed by atoms with Crippen molar-refractivity contribution in [3.05, 3.63) is 82.4 Å². The second-order valence-electron chi connectivity index (χ2n) is 7.33. The summed E-state index contributed by atoms with van der Waals surface area (Å²) in [5.41, 5.74) is 4.15. The molecule has 0 unspecified atom stereocenters. The normalized spacial score (nSPS) is 11.0. The van der Waals surface area contributed by atoms with Gasteiger partial charge in [-0.2, -0.15) is 0 Å². The Kier molecular flexibility index (Phi) is 4.84. The van der Waals surface area contributed by atoms with Crippen molar-refractivity contribution in [1.29, 1.82) is 0 Å². The molecule has 0 aliphatic rings. The van der Waals surface area contributed by atoms with Crippen LogP contribution in [0.25, 0.3) is 27.8 Å². The van der Waals surface area contributed by atoms with Crippen LogP contribution in [0.5, 0.6) is 0 Å². The van der Waals surface area contributed by atoms with Crippen molar-refractivity contribution in [2.45, 2.75) is 13.3 Å². The van der Waals surface area contributed by atoms with E-state index >= 15 is 0 Å². The Bertz CT molecular complexity index is 1560. The molecule has 2 aromatic carbocycles. The molecule has 5 rings (SSSR count). The first-order valence-electron chi connectivity index (χ1n) is 10.1. The SMILES string of the molecule is C#Cc1cccc(-n2c(CCNc3ncnc4nc[nH]c34)nc3cccc(C)c3c2=O)c1. The van der Waals surface area contributed by atoms with Crippen molar-refractivity contribution in [1.82, 2.24) is 29.5 Å². The van der Waals surface area contributed by atoms with Crippen LogP contribution >= 0.6 is 0 Å². The zero-order chi connectivity index (χ0) is 22.1. The highest BCUT2D eigenvalue weighted by molar-refractivity contribution is 5.82. The van der Waals surface area contributed by atoms with E-state index in [1.54, 1.807) is 10.9 Å². The molecule has 0 bridgehead atoms. The molecule has 0 aliphatic heterocycles. The molecule has 0 radical (unpaired) electrons. The fourth-order valence-electron chi connectivity index (χ4n) is 3.80. The Morgan fingerprint density at radius 2 is 2.03 bits per heavy atom. The summed E-state index contributed by atoms with van der Waals surface area (Å²) in [6, 6.07) is 13.1. The zero-order valence-corrected chi connectivity index (χ0v) is 17.3. The van der Waals surface area contributed by atoms with Crippen LogP contribution in [0, 0.1) is 19.3 Å². The molecule has 0 amide bonds. The highest BCUT2D eigenvalue weighted by Crippen LogP contribution is 2.18. The van der Waals surface area contributed by atoms with Crippen LogP contribution in [-0.4, -0.2) is 36.0 Å². The molecule has 3 heterocycles. The van der Waals surface area contributed by atoms with E-state index in [2.05, 4.69) is 31.2 Å². The third kappa shape index (κ3) is 3.36. The summed E-state index contributed by atoms with van der Waals surface area (Å²) in [5.74, 6) is 3.91. The lowest BCUT2D eigenvalue weighted by atomic mass is 10.1. The molecule has 0 atom stereocenters. The van der Waals surface area contributed by atoms with Gasteiger partial charge in [0.2, 0.25) is 0 Å². The van der Waals surface area contributed by atoms with Crippen LogP contribution in [0.15, 0.2) is 59.9 Å². The first-order chi connectivity index (χ1) is 15.7. The first kappa shape index (κ1) is 19.5. The summed E-state index contributed by atoms with van der Waals surface area (Å²) in [6.07, 6.45) is 9.11. The number of imidazole rings is 1. The van der Waals surface area contributed by atoms with E-state index in [4.69, 9.17) is 11.4 Å². The molecule has 156 valence electrons. The number of fused-ring (bicyclic) bond motifs is 2. The highest BCUT2D eigenvalue weighted by atomic mass is 16.1. The molecule has 2 N–H and O–H groups in total. The van der Waals surface area contributed by atoms with Crippen molar-refractivity contribution in [3.63, 3.8) is 0 Å². The minimum Gasteiger partial charge on any atom is -0.368 e. The van der Waals surface area contributed by atoms with Gasteiger partial charge in [0.15, 0.2) is 11.5 Å². The summed E-state index contributed by atoms with van der Waals surface area (Å²) in [6.45, 7) is 2.42. The lowest BCUT2D eigenvalue weighted by molar-refractivity contribution is 0.809. The number of nitrogens with zero attached hydrogens (tertiary/aromatic N) is 5. The summed E-state index contributed by atoms with van der Waals surface area (Å²) < 4.78 is 1.64. The third-order valence-corrected chi connectivity index (χ3v) is 5.31. The number of anilines is 1. The molecule has 0 aliphatic carbocycles. The van der Waals surface area contributed by atoms with Crippen molar-refractivity contribution >= 4 is 27.9 Å². The third-order valence-electron chi connectivity index (χ3n) is 5.31. The average Bonchev–Trinajstić information content (AvgIpc) is 3.29. The summed E-state index contributed by atoms with van der Waals surface area (Å²) in [5, 5.41) is 3.89. The number of hydrogen-bond acceptors (Lipinski definition) is 6. The summed E-state index contributed by atoms with van der Waals surface area (Å²) in [7, 11) is 0. The fraction of sp³-hybridized carbons (Fsp3) is 0.125. The maximum absolute atomic E-state index is 13.6. The quantitative estimate of drug-likeness (QED) is 0.423. The van der Waals surface area contributed by atoms with Gasteiger partial charge < -0.3 is 10.3 Å². The molecule has 3 aromatic heterocycles. The predicted molar refractivity (Wildman–Crippen MR) is 124 cm³/mol. The molecule has 0 fully saturated rings. The molecule has 8 heteroatoms. The monoisotopic (exact) mass is 421 g/mol. The average molecular weight is 421 g/mol. The Hall–Kier alpha value is -4.51. The lowest BCUT2D eigenvalue weighted by Gasteiger charge is -2.15. The van der Waals surface area contributed by atoms with Gasteiger partial charge in [-0.25, -0.2) is 19.9 Å². The zero-order valence-electron chi connectivity index (χ0n) is 17.3. The number of aromatic amines is 1. The van der Waals surface area contributed by atoms with Gasteiger partial charge in [-0.05, 0) is 36.8 Å². The Morgan fingerprint density at radius 3 is 2.91 bits per heavy atom. The number of benzene rings is 2. The van der Waals surface area contributed by atoms with Crippen molar-refractivity contribution in [3.8, 4) is 18.0 Å². The molecule has 5 aromatic rings. The molecule has 0 saturated carbocycles. The van der Waals surface area contributed by atoms with Gasteiger partial charge >= 0.3 is 0 Å². The number of aromatic nitrogens is 6. The smallest absolute Gasteiger partial charge is 0.266 e. The number of nitrogens with one attached hydrogen (secondary N) is 2. The topological polar surface area (TPSA) is 101 Å². The van der Waals surface area contributed by atoms with Gasteiger partial charge in [0, 0.05) is 18.5 Å². The summed E-state index contributed by atoms with van der Waals surface area (Å²) in [4.78, 5) is 34.0. The van der Waals surface area contributed by atoms with Crippen LogP contribution in [-0.2, 0) is 6.42 Å². The van der Waals surface area contributed by atoms with Crippen LogP contribution in [0.1, 0.15) is 17.0 Å².